The maximum Gasteiger partial charge on any atom is 0.152 e. The summed E-state index contributed by atoms with van der Waals surface area (Å²) >= 11 is 0. The van der Waals surface area contributed by atoms with Crippen LogP contribution < -0.4 is 5.32 Å². The van der Waals surface area contributed by atoms with Crippen LogP contribution in [-0.4, -0.2) is 32.6 Å². The van der Waals surface area contributed by atoms with Crippen molar-refractivity contribution in [2.75, 3.05) is 5.32 Å². The molecule has 1 heterocycles. The second kappa shape index (κ2) is 7.23. The number of aryl methyl sites for hydroxylation is 1. The quantitative estimate of drug-likeness (QED) is 0.783. The number of phenolic OH excluding ortho intramolecular Hbond substituents is 1. The molecule has 1 aromatic heterocycles. The summed E-state index contributed by atoms with van der Waals surface area (Å²) in [6.07, 6.45) is 7.93. The van der Waals surface area contributed by atoms with E-state index in [1.807, 2.05) is 19.1 Å². The zero-order valence-corrected chi connectivity index (χ0v) is 15.3. The van der Waals surface area contributed by atoms with Crippen LogP contribution >= 0.6 is 0 Å². The Morgan fingerprint density at radius 1 is 1.00 bits per heavy atom. The lowest BCUT2D eigenvalue weighted by molar-refractivity contribution is 0.116. The Balaban J connectivity index is 1.72. The molecule has 2 atom stereocenters. The van der Waals surface area contributed by atoms with Crippen LogP contribution in [-0.2, 0) is 12.8 Å². The Morgan fingerprint density at radius 2 is 1.77 bits per heavy atom. The van der Waals surface area contributed by atoms with Crippen LogP contribution in [0.15, 0.2) is 18.2 Å². The van der Waals surface area contributed by atoms with Crippen LogP contribution in [0.2, 0.25) is 0 Å². The van der Waals surface area contributed by atoms with Gasteiger partial charge in [-0.1, -0.05) is 18.9 Å². The molecule has 1 aromatic carbocycles. The number of aromatic hydroxyl groups is 1. The molecule has 2 aliphatic carbocycles. The van der Waals surface area contributed by atoms with E-state index < -0.39 is 0 Å². The summed E-state index contributed by atoms with van der Waals surface area (Å²) in [5.41, 5.74) is 4.98. The maximum atomic E-state index is 10.4. The van der Waals surface area contributed by atoms with Gasteiger partial charge in [0.25, 0.3) is 0 Å². The SMILES string of the molecule is Cc1ccc(-c2nnc(N[C@@H]3CCCC[C@H]3O)c3c2CCCC3)c(O)c1. The molecule has 0 radical (unpaired) electrons. The van der Waals surface area contributed by atoms with Crippen molar-refractivity contribution in [3.8, 4) is 17.0 Å². The Morgan fingerprint density at radius 3 is 2.54 bits per heavy atom. The van der Waals surface area contributed by atoms with Gasteiger partial charge in [-0.2, -0.15) is 0 Å². The van der Waals surface area contributed by atoms with Gasteiger partial charge in [0, 0.05) is 11.1 Å². The fourth-order valence-electron chi connectivity index (χ4n) is 4.28. The zero-order chi connectivity index (χ0) is 18.1. The van der Waals surface area contributed by atoms with Gasteiger partial charge in [0.15, 0.2) is 5.82 Å². The number of nitrogens with one attached hydrogen (secondary N) is 1. The normalized spacial score (nSPS) is 22.7. The fraction of sp³-hybridized carbons (Fsp3) is 0.524. The summed E-state index contributed by atoms with van der Waals surface area (Å²) in [7, 11) is 0. The molecule has 1 saturated carbocycles. The molecule has 2 aromatic rings. The highest BCUT2D eigenvalue weighted by Crippen LogP contribution is 2.37. The number of aliphatic hydroxyl groups excluding tert-OH is 1. The molecule has 0 spiro atoms. The average molecular weight is 353 g/mol. The van der Waals surface area contributed by atoms with Gasteiger partial charge in [-0.25, -0.2) is 0 Å². The lowest BCUT2D eigenvalue weighted by Gasteiger charge is -2.30. The standard InChI is InChI=1S/C21H27N3O2/c1-13-10-11-16(19(26)12-13)20-14-6-2-3-7-15(14)21(24-23-20)22-17-8-4-5-9-18(17)25/h10-12,17-18,25-26H,2-9H2,1H3,(H,22,24)/t17-,18-/m1/s1. The third-order valence-corrected chi connectivity index (χ3v) is 5.75. The largest absolute Gasteiger partial charge is 0.507 e. The summed E-state index contributed by atoms with van der Waals surface area (Å²) in [4.78, 5) is 0. The Kier molecular flexibility index (Phi) is 4.81. The molecule has 0 bridgehead atoms. The molecule has 3 N–H and O–H groups in total. The van der Waals surface area contributed by atoms with Crippen molar-refractivity contribution < 1.29 is 10.2 Å². The van der Waals surface area contributed by atoms with Gasteiger partial charge in [-0.05, 0) is 68.7 Å². The molecule has 26 heavy (non-hydrogen) atoms. The van der Waals surface area contributed by atoms with Crippen molar-refractivity contribution in [2.24, 2.45) is 0 Å². The third kappa shape index (κ3) is 3.28. The summed E-state index contributed by atoms with van der Waals surface area (Å²) in [6.45, 7) is 1.97. The first-order valence-electron chi connectivity index (χ1n) is 9.76. The van der Waals surface area contributed by atoms with E-state index in [4.69, 9.17) is 0 Å². The summed E-state index contributed by atoms with van der Waals surface area (Å²) < 4.78 is 0. The van der Waals surface area contributed by atoms with E-state index in [9.17, 15) is 10.2 Å². The van der Waals surface area contributed by atoms with Crippen molar-refractivity contribution in [3.05, 3.63) is 34.9 Å². The van der Waals surface area contributed by atoms with Gasteiger partial charge in [-0.3, -0.25) is 0 Å². The highest BCUT2D eigenvalue weighted by atomic mass is 16.3. The van der Waals surface area contributed by atoms with E-state index in [-0.39, 0.29) is 17.9 Å². The first-order valence-corrected chi connectivity index (χ1v) is 9.76. The monoisotopic (exact) mass is 353 g/mol. The lowest BCUT2D eigenvalue weighted by Crippen LogP contribution is -2.37. The van der Waals surface area contributed by atoms with Gasteiger partial charge >= 0.3 is 0 Å². The van der Waals surface area contributed by atoms with Crippen LogP contribution in [0.1, 0.15) is 55.2 Å². The van der Waals surface area contributed by atoms with Gasteiger partial charge in [0.2, 0.25) is 0 Å². The summed E-state index contributed by atoms with van der Waals surface area (Å²) in [6, 6.07) is 5.76. The van der Waals surface area contributed by atoms with E-state index in [1.54, 1.807) is 6.07 Å². The van der Waals surface area contributed by atoms with Crippen LogP contribution in [0.3, 0.4) is 0 Å². The van der Waals surface area contributed by atoms with E-state index in [0.29, 0.717) is 0 Å². The van der Waals surface area contributed by atoms with Crippen LogP contribution in [0.25, 0.3) is 11.3 Å². The van der Waals surface area contributed by atoms with Crippen molar-refractivity contribution in [3.63, 3.8) is 0 Å². The second-order valence-electron chi connectivity index (χ2n) is 7.68. The van der Waals surface area contributed by atoms with E-state index in [1.165, 1.54) is 11.1 Å². The molecular weight excluding hydrogens is 326 g/mol. The van der Waals surface area contributed by atoms with E-state index in [0.717, 1.165) is 74.0 Å². The predicted molar refractivity (Wildman–Crippen MR) is 102 cm³/mol. The summed E-state index contributed by atoms with van der Waals surface area (Å²) in [5, 5.41) is 33.1. The Bertz CT molecular complexity index is 806. The number of phenols is 1. The van der Waals surface area contributed by atoms with Crippen molar-refractivity contribution in [2.45, 2.75) is 70.4 Å². The topological polar surface area (TPSA) is 78.3 Å². The van der Waals surface area contributed by atoms with E-state index >= 15 is 0 Å². The number of anilines is 1. The molecule has 0 amide bonds. The zero-order valence-electron chi connectivity index (χ0n) is 15.3. The number of rotatable bonds is 3. The number of aliphatic hydroxyl groups is 1. The number of benzene rings is 1. The molecule has 5 nitrogen and oxygen atoms in total. The van der Waals surface area contributed by atoms with Crippen molar-refractivity contribution >= 4 is 5.82 Å². The van der Waals surface area contributed by atoms with Gasteiger partial charge in [0.05, 0.1) is 12.1 Å². The lowest BCUT2D eigenvalue weighted by atomic mass is 9.88. The van der Waals surface area contributed by atoms with Crippen LogP contribution in [0.5, 0.6) is 5.75 Å². The van der Waals surface area contributed by atoms with Gasteiger partial charge in [0.1, 0.15) is 11.4 Å². The number of aromatic nitrogens is 2. The smallest absolute Gasteiger partial charge is 0.152 e. The molecule has 4 rings (SSSR count). The maximum absolute atomic E-state index is 10.4. The average Bonchev–Trinajstić information content (AvgIpc) is 2.64. The van der Waals surface area contributed by atoms with Gasteiger partial charge < -0.3 is 15.5 Å². The second-order valence-corrected chi connectivity index (χ2v) is 7.68. The first kappa shape index (κ1) is 17.3. The number of fused-ring (bicyclic) bond motifs is 1. The highest BCUT2D eigenvalue weighted by molar-refractivity contribution is 5.73. The van der Waals surface area contributed by atoms with E-state index in [2.05, 4.69) is 15.5 Å². The number of nitrogens with zero attached hydrogens (tertiary/aromatic N) is 2. The Labute approximate surface area is 154 Å². The van der Waals surface area contributed by atoms with Crippen molar-refractivity contribution in [1.29, 1.82) is 0 Å². The predicted octanol–water partition coefficient (Wildman–Crippen LogP) is 3.75. The molecule has 0 unspecified atom stereocenters. The molecule has 1 fully saturated rings. The minimum Gasteiger partial charge on any atom is -0.507 e. The van der Waals surface area contributed by atoms with Crippen LogP contribution in [0, 0.1) is 6.92 Å². The van der Waals surface area contributed by atoms with Crippen molar-refractivity contribution in [1.82, 2.24) is 10.2 Å². The third-order valence-electron chi connectivity index (χ3n) is 5.75. The number of hydrogen-bond acceptors (Lipinski definition) is 5. The molecule has 0 saturated heterocycles. The molecule has 138 valence electrons. The molecule has 2 aliphatic rings. The molecular formula is C21H27N3O2. The minimum atomic E-state index is -0.314. The molecule has 0 aliphatic heterocycles. The number of hydrogen-bond donors (Lipinski definition) is 3. The van der Waals surface area contributed by atoms with Crippen LogP contribution in [0.4, 0.5) is 5.82 Å². The molecule has 5 heteroatoms. The highest BCUT2D eigenvalue weighted by Gasteiger charge is 2.27. The first-order chi connectivity index (χ1) is 12.6. The van der Waals surface area contributed by atoms with Gasteiger partial charge in [-0.15, -0.1) is 10.2 Å². The summed E-state index contributed by atoms with van der Waals surface area (Å²) in [5.74, 6) is 1.08. The Hall–Kier alpha value is -2.14. The fourth-order valence-corrected chi connectivity index (χ4v) is 4.28. The minimum absolute atomic E-state index is 0.0581.